The van der Waals surface area contributed by atoms with E-state index in [1.54, 1.807) is 42.5 Å². The number of para-hydroxylation sites is 1. The van der Waals surface area contributed by atoms with E-state index in [1.807, 2.05) is 0 Å². The number of esters is 1. The Morgan fingerprint density at radius 3 is 2.57 bits per heavy atom. The first-order chi connectivity index (χ1) is 11.2. The molecule has 0 aliphatic heterocycles. The van der Waals surface area contributed by atoms with E-state index in [2.05, 4.69) is 0 Å². The number of carbonyl (C=O) groups is 1. The number of hydrogen-bond acceptors (Lipinski definition) is 4. The smallest absolute Gasteiger partial charge is 0.331 e. The number of hydrogen-bond donors (Lipinski definition) is 0. The second-order valence-electron chi connectivity index (χ2n) is 4.62. The van der Waals surface area contributed by atoms with E-state index in [9.17, 15) is 9.18 Å². The maximum Gasteiger partial charge on any atom is 0.331 e. The van der Waals surface area contributed by atoms with Gasteiger partial charge in [0.1, 0.15) is 12.4 Å². The maximum atomic E-state index is 13.4. The first kappa shape index (κ1) is 16.5. The van der Waals surface area contributed by atoms with Crippen molar-refractivity contribution in [3.63, 3.8) is 0 Å². The third-order valence-electron chi connectivity index (χ3n) is 3.16. The molecule has 0 spiro atoms. The Morgan fingerprint density at radius 1 is 1.09 bits per heavy atom. The molecular formula is C18H17FO4. The number of ether oxygens (including phenoxy) is 3. The van der Waals surface area contributed by atoms with Crippen LogP contribution in [0, 0.1) is 5.82 Å². The molecule has 0 atom stereocenters. The largest absolute Gasteiger partial charge is 0.493 e. The van der Waals surface area contributed by atoms with E-state index < -0.39 is 11.8 Å². The molecule has 0 aliphatic rings. The van der Waals surface area contributed by atoms with Crippen molar-refractivity contribution in [3.05, 3.63) is 65.5 Å². The van der Waals surface area contributed by atoms with Gasteiger partial charge in [-0.25, -0.2) is 9.18 Å². The van der Waals surface area contributed by atoms with Gasteiger partial charge in [-0.1, -0.05) is 30.3 Å². The first-order valence-electron chi connectivity index (χ1n) is 6.95. The lowest BCUT2D eigenvalue weighted by atomic mass is 10.1. The van der Waals surface area contributed by atoms with Gasteiger partial charge in [0.25, 0.3) is 0 Å². The van der Waals surface area contributed by atoms with Crippen LogP contribution in [0.5, 0.6) is 11.5 Å². The molecule has 2 aromatic carbocycles. The molecule has 0 unspecified atom stereocenters. The fourth-order valence-electron chi connectivity index (χ4n) is 2.01. The fraction of sp³-hybridized carbons (Fsp3) is 0.167. The van der Waals surface area contributed by atoms with Crippen LogP contribution in [0.25, 0.3) is 6.08 Å². The standard InChI is InChI=1S/C18H17FO4/c1-21-16-9-5-7-13(18(16)22-2)10-11-17(20)23-12-14-6-3-4-8-15(14)19/h3-11H,12H2,1-2H3. The van der Waals surface area contributed by atoms with E-state index in [4.69, 9.17) is 14.2 Å². The van der Waals surface area contributed by atoms with Gasteiger partial charge in [0.15, 0.2) is 11.5 Å². The highest BCUT2D eigenvalue weighted by atomic mass is 19.1. The summed E-state index contributed by atoms with van der Waals surface area (Å²) in [5.41, 5.74) is 1.00. The molecule has 0 radical (unpaired) electrons. The number of rotatable bonds is 6. The molecule has 0 N–H and O–H groups in total. The summed E-state index contributed by atoms with van der Waals surface area (Å²) in [7, 11) is 3.06. The van der Waals surface area contributed by atoms with Gasteiger partial charge in [-0.3, -0.25) is 0 Å². The Kier molecular flexibility index (Phi) is 5.74. The summed E-state index contributed by atoms with van der Waals surface area (Å²) >= 11 is 0. The molecule has 0 heterocycles. The van der Waals surface area contributed by atoms with E-state index in [1.165, 1.54) is 26.4 Å². The summed E-state index contributed by atoms with van der Waals surface area (Å²) in [5.74, 6) is 0.111. The van der Waals surface area contributed by atoms with Crippen molar-refractivity contribution in [2.24, 2.45) is 0 Å². The molecule has 0 amide bonds. The molecule has 2 rings (SSSR count). The van der Waals surface area contributed by atoms with Crippen LogP contribution in [0.2, 0.25) is 0 Å². The van der Waals surface area contributed by atoms with Crippen molar-refractivity contribution in [2.45, 2.75) is 6.61 Å². The highest BCUT2D eigenvalue weighted by Crippen LogP contribution is 2.31. The van der Waals surface area contributed by atoms with Crippen molar-refractivity contribution < 1.29 is 23.4 Å². The molecule has 23 heavy (non-hydrogen) atoms. The molecule has 0 bridgehead atoms. The third kappa shape index (κ3) is 4.32. The van der Waals surface area contributed by atoms with Gasteiger partial charge in [-0.15, -0.1) is 0 Å². The molecule has 120 valence electrons. The Labute approximate surface area is 134 Å². The number of carbonyl (C=O) groups excluding carboxylic acids is 1. The fourth-order valence-corrected chi connectivity index (χ4v) is 2.01. The van der Waals surface area contributed by atoms with Gasteiger partial charge in [0, 0.05) is 17.2 Å². The predicted octanol–water partition coefficient (Wildman–Crippen LogP) is 3.60. The van der Waals surface area contributed by atoms with Crippen molar-refractivity contribution in [1.29, 1.82) is 0 Å². The second-order valence-corrected chi connectivity index (χ2v) is 4.62. The van der Waals surface area contributed by atoms with Gasteiger partial charge in [-0.2, -0.15) is 0 Å². The first-order valence-corrected chi connectivity index (χ1v) is 6.95. The van der Waals surface area contributed by atoms with E-state index in [0.29, 0.717) is 22.6 Å². The summed E-state index contributed by atoms with van der Waals surface area (Å²) in [6, 6.07) is 11.5. The minimum Gasteiger partial charge on any atom is -0.493 e. The van der Waals surface area contributed by atoms with Crippen LogP contribution < -0.4 is 9.47 Å². The minimum atomic E-state index is -0.571. The van der Waals surface area contributed by atoms with Gasteiger partial charge in [0.05, 0.1) is 14.2 Å². The van der Waals surface area contributed by atoms with Crippen molar-refractivity contribution in [3.8, 4) is 11.5 Å². The Morgan fingerprint density at radius 2 is 1.87 bits per heavy atom. The zero-order valence-electron chi connectivity index (χ0n) is 12.9. The zero-order chi connectivity index (χ0) is 16.7. The van der Waals surface area contributed by atoms with Crippen molar-refractivity contribution >= 4 is 12.0 Å². The molecule has 0 aromatic heterocycles. The maximum absolute atomic E-state index is 13.4. The minimum absolute atomic E-state index is 0.120. The SMILES string of the molecule is COc1cccc(C=CC(=O)OCc2ccccc2F)c1OC. The lowest BCUT2D eigenvalue weighted by Crippen LogP contribution is -2.02. The quantitative estimate of drug-likeness (QED) is 0.603. The van der Waals surface area contributed by atoms with Crippen LogP contribution in [0.4, 0.5) is 4.39 Å². The van der Waals surface area contributed by atoms with Gasteiger partial charge in [-0.05, 0) is 18.2 Å². The summed E-state index contributed by atoms with van der Waals surface area (Å²) in [5, 5.41) is 0. The number of methoxy groups -OCH3 is 2. The van der Waals surface area contributed by atoms with Crippen molar-refractivity contribution in [1.82, 2.24) is 0 Å². The summed E-state index contributed by atoms with van der Waals surface area (Å²) in [4.78, 5) is 11.8. The lowest BCUT2D eigenvalue weighted by molar-refractivity contribution is -0.138. The molecule has 0 saturated heterocycles. The molecule has 5 heteroatoms. The molecular weight excluding hydrogens is 299 g/mol. The van der Waals surface area contributed by atoms with Gasteiger partial charge >= 0.3 is 5.97 Å². The summed E-state index contributed by atoms with van der Waals surface area (Å²) in [6.45, 7) is -0.120. The number of benzene rings is 2. The second kappa shape index (κ2) is 7.98. The van der Waals surface area contributed by atoms with E-state index in [0.717, 1.165) is 0 Å². The van der Waals surface area contributed by atoms with Crippen LogP contribution in [0.3, 0.4) is 0 Å². The van der Waals surface area contributed by atoms with Crippen LogP contribution in [0.15, 0.2) is 48.5 Å². The molecule has 0 aliphatic carbocycles. The topological polar surface area (TPSA) is 44.8 Å². The normalized spacial score (nSPS) is 10.6. The molecule has 4 nitrogen and oxygen atoms in total. The predicted molar refractivity (Wildman–Crippen MR) is 84.8 cm³/mol. The highest BCUT2D eigenvalue weighted by Gasteiger charge is 2.08. The Hall–Kier alpha value is -2.82. The summed E-state index contributed by atoms with van der Waals surface area (Å²) < 4.78 is 28.9. The zero-order valence-corrected chi connectivity index (χ0v) is 12.9. The summed E-state index contributed by atoms with van der Waals surface area (Å²) in [6.07, 6.45) is 2.82. The average Bonchev–Trinajstić information content (AvgIpc) is 2.58. The molecule has 0 fully saturated rings. The highest BCUT2D eigenvalue weighted by molar-refractivity contribution is 5.87. The Bertz CT molecular complexity index is 710. The monoisotopic (exact) mass is 316 g/mol. The lowest BCUT2D eigenvalue weighted by Gasteiger charge is -2.09. The van der Waals surface area contributed by atoms with Crippen LogP contribution in [-0.2, 0) is 16.1 Å². The number of halogens is 1. The Balaban J connectivity index is 2.03. The van der Waals surface area contributed by atoms with Crippen LogP contribution in [0.1, 0.15) is 11.1 Å². The molecule has 2 aromatic rings. The van der Waals surface area contributed by atoms with Gasteiger partial charge in [0.2, 0.25) is 0 Å². The average molecular weight is 316 g/mol. The van der Waals surface area contributed by atoms with Crippen LogP contribution in [-0.4, -0.2) is 20.2 Å². The van der Waals surface area contributed by atoms with E-state index >= 15 is 0 Å². The van der Waals surface area contributed by atoms with E-state index in [-0.39, 0.29) is 6.61 Å². The van der Waals surface area contributed by atoms with Gasteiger partial charge < -0.3 is 14.2 Å². The van der Waals surface area contributed by atoms with Crippen molar-refractivity contribution in [2.75, 3.05) is 14.2 Å². The molecule has 0 saturated carbocycles. The van der Waals surface area contributed by atoms with Crippen LogP contribution >= 0.6 is 0 Å². The third-order valence-corrected chi connectivity index (χ3v) is 3.16.